The largest absolute Gasteiger partial charge is 0.316 e. The van der Waals surface area contributed by atoms with Gasteiger partial charge in [0, 0.05) is 13.1 Å². The molecule has 0 spiro atoms. The van der Waals surface area contributed by atoms with Crippen molar-refractivity contribution in [3.8, 4) is 0 Å². The van der Waals surface area contributed by atoms with E-state index in [4.69, 9.17) is 0 Å². The third-order valence-electron chi connectivity index (χ3n) is 3.22. The van der Waals surface area contributed by atoms with Crippen LogP contribution in [0, 0.1) is 5.92 Å². The molecule has 0 aliphatic heterocycles. The van der Waals surface area contributed by atoms with E-state index in [0.29, 0.717) is 5.92 Å². The summed E-state index contributed by atoms with van der Waals surface area (Å²) in [6.45, 7) is 14.7. The molecule has 0 aromatic heterocycles. The van der Waals surface area contributed by atoms with Crippen molar-refractivity contribution in [2.75, 3.05) is 26.7 Å². The lowest BCUT2D eigenvalue weighted by atomic mass is 10.0. The number of nitrogens with zero attached hydrogens (tertiary/aromatic N) is 1. The molecule has 2 heteroatoms. The molecule has 0 amide bonds. The van der Waals surface area contributed by atoms with Crippen molar-refractivity contribution in [2.24, 2.45) is 5.92 Å². The van der Waals surface area contributed by atoms with E-state index in [9.17, 15) is 0 Å². The molecule has 0 radical (unpaired) electrons. The second-order valence-electron chi connectivity index (χ2n) is 6.25. The van der Waals surface area contributed by atoms with E-state index in [1.165, 1.54) is 16.7 Å². The fourth-order valence-electron chi connectivity index (χ4n) is 2.38. The highest BCUT2D eigenvalue weighted by Gasteiger charge is 2.05. The van der Waals surface area contributed by atoms with Crippen LogP contribution in [0.15, 0.2) is 36.4 Å². The van der Waals surface area contributed by atoms with Gasteiger partial charge < -0.3 is 5.32 Å². The summed E-state index contributed by atoms with van der Waals surface area (Å²) in [6.07, 6.45) is 1.10. The topological polar surface area (TPSA) is 15.3 Å². The molecule has 20 heavy (non-hydrogen) atoms. The molecule has 0 unspecified atom stereocenters. The highest BCUT2D eigenvalue weighted by atomic mass is 15.1. The predicted octanol–water partition coefficient (Wildman–Crippen LogP) is 3.48. The zero-order valence-electron chi connectivity index (χ0n) is 13.6. The highest BCUT2D eigenvalue weighted by molar-refractivity contribution is 5.27. The van der Waals surface area contributed by atoms with Gasteiger partial charge in [0.15, 0.2) is 0 Å². The second kappa shape index (κ2) is 8.93. The molecule has 1 N–H and O–H groups in total. The van der Waals surface area contributed by atoms with Gasteiger partial charge in [-0.05, 0) is 50.5 Å². The Bertz CT molecular complexity index is 410. The molecule has 0 heterocycles. The van der Waals surface area contributed by atoms with Crippen LogP contribution in [0.4, 0.5) is 0 Å². The van der Waals surface area contributed by atoms with Crippen LogP contribution in [-0.2, 0) is 13.0 Å². The van der Waals surface area contributed by atoms with Gasteiger partial charge in [-0.15, -0.1) is 0 Å². The monoisotopic (exact) mass is 274 g/mol. The summed E-state index contributed by atoms with van der Waals surface area (Å²) in [5.41, 5.74) is 4.10. The molecule has 1 aromatic rings. The van der Waals surface area contributed by atoms with Gasteiger partial charge in [0.05, 0.1) is 0 Å². The average molecular weight is 274 g/mol. The molecule has 0 bridgehead atoms. The fraction of sp³-hybridized carbons (Fsp3) is 0.556. The first-order valence-corrected chi connectivity index (χ1v) is 7.59. The van der Waals surface area contributed by atoms with Crippen molar-refractivity contribution >= 4 is 0 Å². The van der Waals surface area contributed by atoms with Crippen LogP contribution in [-0.4, -0.2) is 31.6 Å². The van der Waals surface area contributed by atoms with Crippen LogP contribution in [0.1, 0.15) is 31.9 Å². The Morgan fingerprint density at radius 3 is 2.50 bits per heavy atom. The van der Waals surface area contributed by atoms with Crippen LogP contribution in [0.3, 0.4) is 0 Å². The Labute approximate surface area is 124 Å². The molecule has 1 aromatic carbocycles. The first-order chi connectivity index (χ1) is 9.49. The lowest BCUT2D eigenvalue weighted by molar-refractivity contribution is 0.354. The maximum Gasteiger partial charge on any atom is 0.0236 e. The SMILES string of the molecule is C=C(C)CN(C)Cc1ccccc1CCNCC(C)C. The molecular weight excluding hydrogens is 244 g/mol. The second-order valence-corrected chi connectivity index (χ2v) is 6.25. The van der Waals surface area contributed by atoms with E-state index in [2.05, 4.69) is 68.9 Å². The van der Waals surface area contributed by atoms with Gasteiger partial charge >= 0.3 is 0 Å². The summed E-state index contributed by atoms with van der Waals surface area (Å²) in [5, 5.41) is 3.52. The first-order valence-electron chi connectivity index (χ1n) is 7.59. The number of nitrogens with one attached hydrogen (secondary N) is 1. The van der Waals surface area contributed by atoms with Gasteiger partial charge in [-0.3, -0.25) is 4.90 Å². The zero-order valence-corrected chi connectivity index (χ0v) is 13.6. The van der Waals surface area contributed by atoms with Gasteiger partial charge in [-0.1, -0.05) is 50.3 Å². The molecule has 2 nitrogen and oxygen atoms in total. The highest BCUT2D eigenvalue weighted by Crippen LogP contribution is 2.12. The Balaban J connectivity index is 2.52. The van der Waals surface area contributed by atoms with Crippen molar-refractivity contribution in [1.29, 1.82) is 0 Å². The predicted molar refractivity (Wildman–Crippen MR) is 89.0 cm³/mol. The van der Waals surface area contributed by atoms with Gasteiger partial charge in [0.1, 0.15) is 0 Å². The lowest BCUT2D eigenvalue weighted by Gasteiger charge is -2.19. The molecule has 1 rings (SSSR count). The molecule has 0 atom stereocenters. The number of rotatable bonds is 9. The van der Waals surface area contributed by atoms with E-state index in [1.807, 2.05) is 0 Å². The zero-order chi connectivity index (χ0) is 15.0. The maximum absolute atomic E-state index is 3.98. The molecule has 0 aliphatic rings. The average Bonchev–Trinajstić information content (AvgIpc) is 2.35. The molecule has 0 saturated carbocycles. The summed E-state index contributed by atoms with van der Waals surface area (Å²) >= 11 is 0. The van der Waals surface area contributed by atoms with Crippen LogP contribution in [0.5, 0.6) is 0 Å². The van der Waals surface area contributed by atoms with E-state index in [0.717, 1.165) is 32.6 Å². The number of hydrogen-bond donors (Lipinski definition) is 1. The van der Waals surface area contributed by atoms with E-state index in [-0.39, 0.29) is 0 Å². The maximum atomic E-state index is 3.98. The van der Waals surface area contributed by atoms with Crippen molar-refractivity contribution in [3.05, 3.63) is 47.5 Å². The summed E-state index contributed by atoms with van der Waals surface area (Å²) in [5.74, 6) is 0.715. The minimum absolute atomic E-state index is 0.715. The fourth-order valence-corrected chi connectivity index (χ4v) is 2.38. The van der Waals surface area contributed by atoms with Crippen LogP contribution >= 0.6 is 0 Å². The summed E-state index contributed by atoms with van der Waals surface area (Å²) < 4.78 is 0. The van der Waals surface area contributed by atoms with Crippen molar-refractivity contribution in [2.45, 2.75) is 33.7 Å². The van der Waals surface area contributed by atoms with Crippen LogP contribution in [0.2, 0.25) is 0 Å². The first kappa shape index (κ1) is 16.9. The number of hydrogen-bond acceptors (Lipinski definition) is 2. The molecule has 0 saturated heterocycles. The minimum atomic E-state index is 0.715. The van der Waals surface area contributed by atoms with Gasteiger partial charge in [-0.2, -0.15) is 0 Å². The lowest BCUT2D eigenvalue weighted by Crippen LogP contribution is -2.23. The summed E-state index contributed by atoms with van der Waals surface area (Å²) in [7, 11) is 2.16. The van der Waals surface area contributed by atoms with Crippen LogP contribution in [0.25, 0.3) is 0 Å². The van der Waals surface area contributed by atoms with Crippen molar-refractivity contribution < 1.29 is 0 Å². The Kier molecular flexibility index (Phi) is 7.56. The number of benzene rings is 1. The van der Waals surface area contributed by atoms with E-state index in [1.54, 1.807) is 0 Å². The van der Waals surface area contributed by atoms with Crippen LogP contribution < -0.4 is 5.32 Å². The van der Waals surface area contributed by atoms with Crippen molar-refractivity contribution in [3.63, 3.8) is 0 Å². The quantitative estimate of drug-likeness (QED) is 0.548. The Morgan fingerprint density at radius 2 is 1.90 bits per heavy atom. The normalized spacial score (nSPS) is 11.3. The van der Waals surface area contributed by atoms with E-state index < -0.39 is 0 Å². The molecule has 0 aliphatic carbocycles. The van der Waals surface area contributed by atoms with Gasteiger partial charge in [0.2, 0.25) is 0 Å². The number of likely N-dealkylation sites (N-methyl/N-ethyl adjacent to an activating group) is 1. The minimum Gasteiger partial charge on any atom is -0.316 e. The summed E-state index contributed by atoms with van der Waals surface area (Å²) in [4.78, 5) is 2.32. The Morgan fingerprint density at radius 1 is 1.25 bits per heavy atom. The standard InChI is InChI=1S/C18H30N2/c1-15(2)12-19-11-10-17-8-6-7-9-18(17)14-20(5)13-16(3)4/h6-9,15,19H,3,10-14H2,1-2,4-5H3. The van der Waals surface area contributed by atoms with Gasteiger partial charge in [-0.25, -0.2) is 0 Å². The molecular formula is C18H30N2. The Hall–Kier alpha value is -1.12. The summed E-state index contributed by atoms with van der Waals surface area (Å²) in [6, 6.07) is 8.77. The third-order valence-corrected chi connectivity index (χ3v) is 3.22. The molecule has 0 fully saturated rings. The van der Waals surface area contributed by atoms with E-state index >= 15 is 0 Å². The smallest absolute Gasteiger partial charge is 0.0236 e. The molecule has 112 valence electrons. The van der Waals surface area contributed by atoms with Gasteiger partial charge in [0.25, 0.3) is 0 Å². The van der Waals surface area contributed by atoms with Crippen molar-refractivity contribution in [1.82, 2.24) is 10.2 Å². The third kappa shape index (κ3) is 6.88.